The van der Waals surface area contributed by atoms with E-state index in [0.29, 0.717) is 13.2 Å². The third-order valence-electron chi connectivity index (χ3n) is 11.9. The summed E-state index contributed by atoms with van der Waals surface area (Å²) in [5.41, 5.74) is 5.72. The Morgan fingerprint density at radius 3 is 1.16 bits per heavy atom. The van der Waals surface area contributed by atoms with E-state index >= 15 is 0 Å². The molecule has 3 heteroatoms. The molecule has 58 heavy (non-hydrogen) atoms. The van der Waals surface area contributed by atoms with Gasteiger partial charge in [0, 0.05) is 22.3 Å². The Labute approximate surface area is 337 Å². The van der Waals surface area contributed by atoms with Crippen LogP contribution in [-0.2, 0) is 5.41 Å². The predicted octanol–water partition coefficient (Wildman–Crippen LogP) is 14.2. The van der Waals surface area contributed by atoms with Crippen molar-refractivity contribution < 1.29 is 14.2 Å². The van der Waals surface area contributed by atoms with Crippen LogP contribution >= 0.6 is 0 Å². The fraction of sp³-hybridized carbons (Fsp3) is 0.0545. The van der Waals surface area contributed by atoms with Gasteiger partial charge >= 0.3 is 0 Å². The van der Waals surface area contributed by atoms with E-state index in [4.69, 9.17) is 14.2 Å². The van der Waals surface area contributed by atoms with Gasteiger partial charge in [-0.3, -0.25) is 0 Å². The summed E-state index contributed by atoms with van der Waals surface area (Å²) >= 11 is 0. The third-order valence-corrected chi connectivity index (χ3v) is 11.9. The van der Waals surface area contributed by atoms with Gasteiger partial charge in [-0.1, -0.05) is 182 Å². The lowest BCUT2D eigenvalue weighted by atomic mass is 9.73. The molecule has 0 bridgehead atoms. The molecule has 0 aliphatic carbocycles. The van der Waals surface area contributed by atoms with Crippen molar-refractivity contribution in [1.82, 2.24) is 0 Å². The van der Waals surface area contributed by atoms with Crippen LogP contribution in [0.25, 0.3) is 65.3 Å². The number of fused-ring (bicyclic) bond motifs is 6. The standard InChI is InChI=1S/C55H38O3/c1-5-21-41-37(15-1)19-13-25-45(41)53-43-23-7-3-17-39(43)31-33-51(53)56-35-55(47-27-9-11-29-49(47)58-50-30-12-10-28-48(50)55)36-57-52-34-32-40-18-4-8-24-44(40)54(52)46-26-14-20-38-16-2-6-22-42(38)46/h1-34H,35-36H2. The summed E-state index contributed by atoms with van der Waals surface area (Å²) in [5.74, 6) is 3.24. The maximum absolute atomic E-state index is 7.30. The maximum atomic E-state index is 7.30. The first-order chi connectivity index (χ1) is 28.7. The van der Waals surface area contributed by atoms with Gasteiger partial charge in [-0.25, -0.2) is 0 Å². The van der Waals surface area contributed by atoms with E-state index in [0.717, 1.165) is 77.9 Å². The average molecular weight is 747 g/mol. The van der Waals surface area contributed by atoms with E-state index in [1.807, 2.05) is 12.1 Å². The molecule has 0 unspecified atom stereocenters. The summed E-state index contributed by atoms with van der Waals surface area (Å²) in [6.45, 7) is 0.606. The predicted molar refractivity (Wildman–Crippen MR) is 239 cm³/mol. The van der Waals surface area contributed by atoms with Crippen LogP contribution in [0.4, 0.5) is 0 Å². The molecule has 10 aromatic carbocycles. The molecule has 10 aromatic rings. The van der Waals surface area contributed by atoms with Crippen LogP contribution in [0.3, 0.4) is 0 Å². The van der Waals surface area contributed by atoms with Crippen molar-refractivity contribution in [3.8, 4) is 45.3 Å². The van der Waals surface area contributed by atoms with Crippen LogP contribution in [0.15, 0.2) is 206 Å². The molecule has 0 spiro atoms. The second-order valence-electron chi connectivity index (χ2n) is 15.1. The van der Waals surface area contributed by atoms with Gasteiger partial charge in [-0.05, 0) is 78.5 Å². The van der Waals surface area contributed by atoms with Gasteiger partial charge in [0.1, 0.15) is 36.2 Å². The van der Waals surface area contributed by atoms with Gasteiger partial charge in [0.15, 0.2) is 0 Å². The number of para-hydroxylation sites is 2. The van der Waals surface area contributed by atoms with Gasteiger partial charge < -0.3 is 14.2 Å². The van der Waals surface area contributed by atoms with Crippen molar-refractivity contribution in [2.24, 2.45) is 0 Å². The summed E-state index contributed by atoms with van der Waals surface area (Å²) < 4.78 is 21.2. The Hall–Kier alpha value is -7.36. The average Bonchev–Trinajstić information content (AvgIpc) is 3.29. The number of hydrogen-bond donors (Lipinski definition) is 0. The molecule has 1 aliphatic heterocycles. The molecule has 0 aromatic heterocycles. The topological polar surface area (TPSA) is 27.7 Å². The largest absolute Gasteiger partial charge is 0.491 e. The highest BCUT2D eigenvalue weighted by Gasteiger charge is 2.44. The summed E-state index contributed by atoms with van der Waals surface area (Å²) in [4.78, 5) is 0. The van der Waals surface area contributed by atoms with E-state index in [1.54, 1.807) is 0 Å². The second kappa shape index (κ2) is 14.0. The van der Waals surface area contributed by atoms with Crippen LogP contribution in [0.5, 0.6) is 23.0 Å². The molecule has 0 atom stereocenters. The van der Waals surface area contributed by atoms with Crippen LogP contribution in [-0.4, -0.2) is 13.2 Å². The van der Waals surface area contributed by atoms with Crippen LogP contribution < -0.4 is 14.2 Å². The molecule has 0 fully saturated rings. The number of ether oxygens (including phenoxy) is 3. The number of benzene rings is 10. The minimum absolute atomic E-state index is 0.303. The Kier molecular flexibility index (Phi) is 8.18. The van der Waals surface area contributed by atoms with E-state index in [9.17, 15) is 0 Å². The zero-order valence-electron chi connectivity index (χ0n) is 31.8. The highest BCUT2D eigenvalue weighted by molar-refractivity contribution is 6.09. The highest BCUT2D eigenvalue weighted by Crippen LogP contribution is 2.50. The molecule has 0 saturated carbocycles. The lowest BCUT2D eigenvalue weighted by Crippen LogP contribution is -2.43. The van der Waals surface area contributed by atoms with E-state index < -0.39 is 5.41 Å². The molecule has 3 nitrogen and oxygen atoms in total. The van der Waals surface area contributed by atoms with Crippen molar-refractivity contribution in [3.63, 3.8) is 0 Å². The summed E-state index contributed by atoms with van der Waals surface area (Å²) in [6.07, 6.45) is 0. The minimum Gasteiger partial charge on any atom is -0.491 e. The molecule has 0 saturated heterocycles. The van der Waals surface area contributed by atoms with Gasteiger partial charge in [0.05, 0.1) is 5.41 Å². The van der Waals surface area contributed by atoms with Crippen LogP contribution in [0, 0.1) is 0 Å². The smallest absolute Gasteiger partial charge is 0.131 e. The quantitative estimate of drug-likeness (QED) is 0.155. The molecule has 0 radical (unpaired) electrons. The fourth-order valence-electron chi connectivity index (χ4n) is 9.11. The SMILES string of the molecule is c1ccc2c(c1)Oc1ccccc1C2(COc1ccc2ccccc2c1-c1cccc2ccccc12)COc1ccc2ccccc2c1-c1cccc2ccccc12. The molecule has 1 aliphatic rings. The van der Waals surface area contributed by atoms with Crippen molar-refractivity contribution in [3.05, 3.63) is 217 Å². The molecule has 276 valence electrons. The summed E-state index contributed by atoms with van der Waals surface area (Å²) in [7, 11) is 0. The van der Waals surface area contributed by atoms with Crippen molar-refractivity contribution in [1.29, 1.82) is 0 Å². The lowest BCUT2D eigenvalue weighted by molar-refractivity contribution is 0.160. The van der Waals surface area contributed by atoms with Gasteiger partial charge in [-0.2, -0.15) is 0 Å². The Balaban J connectivity index is 1.09. The first kappa shape index (κ1) is 33.9. The van der Waals surface area contributed by atoms with Crippen molar-refractivity contribution in [2.45, 2.75) is 5.41 Å². The van der Waals surface area contributed by atoms with Crippen LogP contribution in [0.1, 0.15) is 11.1 Å². The van der Waals surface area contributed by atoms with E-state index in [-0.39, 0.29) is 0 Å². The van der Waals surface area contributed by atoms with Gasteiger partial charge in [0.25, 0.3) is 0 Å². The molecular weight excluding hydrogens is 709 g/mol. The summed E-state index contributed by atoms with van der Waals surface area (Å²) in [5, 5.41) is 9.36. The first-order valence-electron chi connectivity index (χ1n) is 19.9. The fourth-order valence-corrected chi connectivity index (χ4v) is 9.11. The number of rotatable bonds is 8. The van der Waals surface area contributed by atoms with Crippen molar-refractivity contribution in [2.75, 3.05) is 13.2 Å². The van der Waals surface area contributed by atoms with Crippen molar-refractivity contribution >= 4 is 43.1 Å². The highest BCUT2D eigenvalue weighted by atomic mass is 16.5. The molecule has 0 amide bonds. The first-order valence-corrected chi connectivity index (χ1v) is 19.9. The lowest BCUT2D eigenvalue weighted by Gasteiger charge is -2.40. The number of hydrogen-bond acceptors (Lipinski definition) is 3. The zero-order chi connectivity index (χ0) is 38.5. The van der Waals surface area contributed by atoms with Gasteiger partial charge in [-0.15, -0.1) is 0 Å². The molecule has 1 heterocycles. The summed E-state index contributed by atoms with van der Waals surface area (Å²) in [6, 6.07) is 72.6. The minimum atomic E-state index is -0.755. The molecule has 0 N–H and O–H groups in total. The van der Waals surface area contributed by atoms with E-state index in [1.165, 1.54) is 21.5 Å². The Bertz CT molecular complexity index is 2960. The van der Waals surface area contributed by atoms with Gasteiger partial charge in [0.2, 0.25) is 0 Å². The molecule has 11 rings (SSSR count). The normalized spacial score (nSPS) is 12.9. The maximum Gasteiger partial charge on any atom is 0.131 e. The zero-order valence-corrected chi connectivity index (χ0v) is 31.8. The van der Waals surface area contributed by atoms with Crippen LogP contribution in [0.2, 0.25) is 0 Å². The molecular formula is C55H38O3. The Morgan fingerprint density at radius 1 is 0.328 bits per heavy atom. The Morgan fingerprint density at radius 2 is 0.690 bits per heavy atom. The second-order valence-corrected chi connectivity index (χ2v) is 15.1. The van der Waals surface area contributed by atoms with E-state index in [2.05, 4.69) is 194 Å². The third kappa shape index (κ3) is 5.58. The monoisotopic (exact) mass is 746 g/mol.